The number of rotatable bonds is 4. The van der Waals surface area contributed by atoms with Crippen LogP contribution in [0, 0.1) is 5.92 Å². The molecular weight excluding hydrogens is 380 g/mol. The van der Waals surface area contributed by atoms with Gasteiger partial charge in [0.05, 0.1) is 11.6 Å². The van der Waals surface area contributed by atoms with Gasteiger partial charge in [-0.3, -0.25) is 19.3 Å². The van der Waals surface area contributed by atoms with Gasteiger partial charge in [-0.2, -0.15) is 0 Å². The standard InChI is InChI=1S/C16H17BrN2O5/c17-9-4-5-12-13(6-9)24-8-15(21)19(12)7-14(20)18-11-3-1-2-10(11)16(22)23/h4-6,10-11H,1-3,7-8H2,(H,18,20)(H,22,23)/t10-,11+/m1/s1. The number of carbonyl (C=O) groups is 3. The van der Waals surface area contributed by atoms with Gasteiger partial charge >= 0.3 is 5.97 Å². The minimum atomic E-state index is -0.893. The molecular formula is C16H17BrN2O5. The lowest BCUT2D eigenvalue weighted by Gasteiger charge is -2.29. The number of nitrogens with zero attached hydrogens (tertiary/aromatic N) is 1. The molecule has 0 bridgehead atoms. The molecule has 1 aliphatic carbocycles. The first-order chi connectivity index (χ1) is 11.5. The zero-order valence-corrected chi connectivity index (χ0v) is 14.4. The van der Waals surface area contributed by atoms with Crippen LogP contribution in [-0.4, -0.2) is 42.1 Å². The van der Waals surface area contributed by atoms with E-state index in [0.717, 1.165) is 10.9 Å². The summed E-state index contributed by atoms with van der Waals surface area (Å²) in [6.45, 7) is -0.280. The van der Waals surface area contributed by atoms with E-state index in [-0.39, 0.29) is 31.0 Å². The van der Waals surface area contributed by atoms with Crippen molar-refractivity contribution in [3.63, 3.8) is 0 Å². The Morgan fingerprint density at radius 2 is 2.17 bits per heavy atom. The summed E-state index contributed by atoms with van der Waals surface area (Å²) in [7, 11) is 0. The van der Waals surface area contributed by atoms with Crippen molar-refractivity contribution >= 4 is 39.4 Å². The SMILES string of the molecule is O=C(CN1C(=O)COc2cc(Br)ccc21)N[C@H]1CCC[C@H]1C(=O)O. The zero-order valence-electron chi connectivity index (χ0n) is 12.8. The minimum absolute atomic E-state index is 0.127. The normalized spacial score (nSPS) is 22.7. The summed E-state index contributed by atoms with van der Waals surface area (Å²) in [5.74, 6) is -1.59. The average Bonchev–Trinajstić information content (AvgIpc) is 2.98. The summed E-state index contributed by atoms with van der Waals surface area (Å²) in [6, 6.07) is 4.84. The van der Waals surface area contributed by atoms with Gasteiger partial charge in [-0.15, -0.1) is 0 Å². The minimum Gasteiger partial charge on any atom is -0.482 e. The van der Waals surface area contributed by atoms with Crippen LogP contribution in [0.15, 0.2) is 22.7 Å². The van der Waals surface area contributed by atoms with E-state index in [0.29, 0.717) is 24.3 Å². The van der Waals surface area contributed by atoms with Crippen LogP contribution in [0.3, 0.4) is 0 Å². The molecule has 0 unspecified atom stereocenters. The van der Waals surface area contributed by atoms with Gasteiger partial charge in [0.2, 0.25) is 5.91 Å². The topological polar surface area (TPSA) is 95.9 Å². The number of hydrogen-bond acceptors (Lipinski definition) is 4. The highest BCUT2D eigenvalue weighted by atomic mass is 79.9. The first-order valence-corrected chi connectivity index (χ1v) is 8.50. The Morgan fingerprint density at radius 1 is 1.38 bits per heavy atom. The summed E-state index contributed by atoms with van der Waals surface area (Å²) < 4.78 is 6.19. The van der Waals surface area contributed by atoms with Crippen LogP contribution in [-0.2, 0) is 14.4 Å². The molecule has 0 radical (unpaired) electrons. The molecule has 1 aliphatic heterocycles. The van der Waals surface area contributed by atoms with Crippen molar-refractivity contribution < 1.29 is 24.2 Å². The van der Waals surface area contributed by atoms with Gasteiger partial charge < -0.3 is 15.2 Å². The van der Waals surface area contributed by atoms with Crippen LogP contribution in [0.5, 0.6) is 5.75 Å². The van der Waals surface area contributed by atoms with Crippen LogP contribution in [0.1, 0.15) is 19.3 Å². The maximum atomic E-state index is 12.3. The van der Waals surface area contributed by atoms with Crippen molar-refractivity contribution in [3.05, 3.63) is 22.7 Å². The fourth-order valence-corrected chi connectivity index (χ4v) is 3.52. The van der Waals surface area contributed by atoms with Crippen molar-refractivity contribution in [2.24, 2.45) is 5.92 Å². The number of fused-ring (bicyclic) bond motifs is 1. The second-order valence-electron chi connectivity index (χ2n) is 5.93. The summed E-state index contributed by atoms with van der Waals surface area (Å²) in [6.07, 6.45) is 1.98. The first kappa shape index (κ1) is 16.8. The molecule has 2 amide bonds. The third kappa shape index (κ3) is 3.38. The molecule has 8 heteroatoms. The molecule has 1 aromatic rings. The summed E-state index contributed by atoms with van der Waals surface area (Å²) in [5.41, 5.74) is 0.533. The van der Waals surface area contributed by atoms with E-state index in [1.807, 2.05) is 0 Å². The Bertz CT molecular complexity index is 693. The average molecular weight is 397 g/mol. The molecule has 24 heavy (non-hydrogen) atoms. The number of benzene rings is 1. The van der Waals surface area contributed by atoms with Crippen LogP contribution < -0.4 is 15.0 Å². The monoisotopic (exact) mass is 396 g/mol. The van der Waals surface area contributed by atoms with E-state index < -0.39 is 11.9 Å². The van der Waals surface area contributed by atoms with Gasteiger partial charge in [0.15, 0.2) is 6.61 Å². The predicted octanol–water partition coefficient (Wildman–Crippen LogP) is 1.54. The van der Waals surface area contributed by atoms with E-state index in [4.69, 9.17) is 4.74 Å². The van der Waals surface area contributed by atoms with Crippen LogP contribution in [0.25, 0.3) is 0 Å². The quantitative estimate of drug-likeness (QED) is 0.804. The number of carboxylic acids is 1. The van der Waals surface area contributed by atoms with Crippen molar-refractivity contribution in [1.82, 2.24) is 5.32 Å². The number of carbonyl (C=O) groups excluding carboxylic acids is 2. The predicted molar refractivity (Wildman–Crippen MR) is 88.9 cm³/mol. The van der Waals surface area contributed by atoms with Crippen molar-refractivity contribution in [1.29, 1.82) is 0 Å². The third-order valence-electron chi connectivity index (χ3n) is 4.35. The number of hydrogen-bond donors (Lipinski definition) is 2. The van der Waals surface area contributed by atoms with Gasteiger partial charge in [0.1, 0.15) is 12.3 Å². The highest BCUT2D eigenvalue weighted by Crippen LogP contribution is 2.34. The van der Waals surface area contributed by atoms with Crippen LogP contribution in [0.4, 0.5) is 5.69 Å². The fourth-order valence-electron chi connectivity index (χ4n) is 3.18. The summed E-state index contributed by atoms with van der Waals surface area (Å²) in [4.78, 5) is 37.0. The molecule has 128 valence electrons. The molecule has 7 nitrogen and oxygen atoms in total. The molecule has 0 aromatic heterocycles. The van der Waals surface area contributed by atoms with Gasteiger partial charge in [0, 0.05) is 10.5 Å². The zero-order chi connectivity index (χ0) is 17.3. The lowest BCUT2D eigenvalue weighted by molar-refractivity contribution is -0.142. The van der Waals surface area contributed by atoms with Gasteiger partial charge in [0.25, 0.3) is 5.91 Å². The van der Waals surface area contributed by atoms with Crippen LogP contribution in [0.2, 0.25) is 0 Å². The molecule has 3 rings (SSSR count). The molecule has 0 spiro atoms. The highest BCUT2D eigenvalue weighted by molar-refractivity contribution is 9.10. The lowest BCUT2D eigenvalue weighted by Crippen LogP contribution is -2.48. The maximum Gasteiger partial charge on any atom is 0.308 e. The Kier molecular flexibility index (Phi) is 4.75. The van der Waals surface area contributed by atoms with E-state index in [2.05, 4.69) is 21.2 Å². The number of anilines is 1. The number of ether oxygens (including phenoxy) is 1. The molecule has 1 saturated carbocycles. The van der Waals surface area contributed by atoms with Gasteiger partial charge in [-0.25, -0.2) is 0 Å². The molecule has 2 N–H and O–H groups in total. The Hall–Kier alpha value is -2.09. The second-order valence-corrected chi connectivity index (χ2v) is 6.85. The molecule has 2 aliphatic rings. The number of carboxylic acid groups (broad SMARTS) is 1. The third-order valence-corrected chi connectivity index (χ3v) is 4.84. The Morgan fingerprint density at radius 3 is 2.92 bits per heavy atom. The fraction of sp³-hybridized carbons (Fsp3) is 0.438. The summed E-state index contributed by atoms with van der Waals surface area (Å²) >= 11 is 3.34. The van der Waals surface area contributed by atoms with E-state index in [1.165, 1.54) is 4.90 Å². The number of amides is 2. The van der Waals surface area contributed by atoms with Gasteiger partial charge in [-0.1, -0.05) is 22.4 Å². The smallest absolute Gasteiger partial charge is 0.308 e. The van der Waals surface area contributed by atoms with Crippen molar-refractivity contribution in [3.8, 4) is 5.75 Å². The maximum absolute atomic E-state index is 12.3. The number of aliphatic carboxylic acids is 1. The van der Waals surface area contributed by atoms with E-state index in [9.17, 15) is 19.5 Å². The van der Waals surface area contributed by atoms with Gasteiger partial charge in [-0.05, 0) is 31.0 Å². The van der Waals surface area contributed by atoms with Crippen LogP contribution >= 0.6 is 15.9 Å². The molecule has 0 saturated heterocycles. The first-order valence-electron chi connectivity index (χ1n) is 7.70. The lowest BCUT2D eigenvalue weighted by atomic mass is 10.0. The van der Waals surface area contributed by atoms with E-state index in [1.54, 1.807) is 18.2 Å². The van der Waals surface area contributed by atoms with Crippen molar-refractivity contribution in [2.75, 3.05) is 18.1 Å². The number of halogens is 1. The number of nitrogens with one attached hydrogen (secondary N) is 1. The van der Waals surface area contributed by atoms with Crippen molar-refractivity contribution in [2.45, 2.75) is 25.3 Å². The molecule has 1 fully saturated rings. The molecule has 2 atom stereocenters. The molecule has 1 heterocycles. The Balaban J connectivity index is 1.70. The molecule has 1 aromatic carbocycles. The summed E-state index contributed by atoms with van der Waals surface area (Å²) in [5, 5.41) is 11.9. The highest BCUT2D eigenvalue weighted by Gasteiger charge is 2.35. The van der Waals surface area contributed by atoms with E-state index >= 15 is 0 Å². The Labute approximate surface area is 147 Å². The largest absolute Gasteiger partial charge is 0.482 e. The second kappa shape index (κ2) is 6.80.